The Morgan fingerprint density at radius 1 is 1.13 bits per heavy atom. The molecule has 1 amide bonds. The monoisotopic (exact) mass is 801 g/mol. The van der Waals surface area contributed by atoms with Gasteiger partial charge < -0.3 is 90.0 Å². The number of rotatable bonds is 20. The van der Waals surface area contributed by atoms with Gasteiger partial charge in [0, 0.05) is 24.1 Å². The van der Waals surface area contributed by atoms with Gasteiger partial charge in [-0.25, -0.2) is 0 Å². The standard InChI is InChI=1S/C31H45N6O17P/c1-13-22(34-23-27(33-13)35-31(32)36-28(23)46)14(2)37(12-38)16-5-3-15(4-6-16)9-17(39)24(43)18(40)10-51-30-26(45)25(44)20(53-30)11-52-55(49,50)54-19(29(47)48)7-8-21(41)42/h3-6,12-14,17-20,22,24-26,30,34,39-40,43-45H,7-11H2,1-2H3,(H,41,42)(H,47,48)(H,49,50)(H4,32,33,35,36,46)/p-3/t13-,14+,17-,18+,19-,20+,22+,24-,25+,26+,30-/m0/s1. The van der Waals surface area contributed by atoms with Crippen LogP contribution in [0.2, 0.25) is 0 Å². The first-order valence-electron chi connectivity index (χ1n) is 16.8. The molecular weight excluding hydrogens is 759 g/mol. The van der Waals surface area contributed by atoms with E-state index in [0.29, 0.717) is 17.7 Å². The van der Waals surface area contributed by atoms with Gasteiger partial charge in [0.2, 0.25) is 12.4 Å². The summed E-state index contributed by atoms with van der Waals surface area (Å²) in [6, 6.07) is 5.17. The van der Waals surface area contributed by atoms with Gasteiger partial charge in [-0.3, -0.25) is 19.1 Å². The van der Waals surface area contributed by atoms with Gasteiger partial charge >= 0.3 is 0 Å². The number of nitrogens with one attached hydrogen (secondary N) is 3. The van der Waals surface area contributed by atoms with Gasteiger partial charge in [0.25, 0.3) is 13.4 Å². The molecule has 24 heteroatoms. The minimum atomic E-state index is -5.44. The molecule has 1 unspecified atom stereocenters. The number of aliphatic carboxylic acids is 2. The van der Waals surface area contributed by atoms with Gasteiger partial charge in [0.05, 0.1) is 37.4 Å². The van der Waals surface area contributed by atoms with Crippen molar-refractivity contribution in [1.82, 2.24) is 9.97 Å². The van der Waals surface area contributed by atoms with Crippen molar-refractivity contribution in [3.05, 3.63) is 40.2 Å². The third-order valence-corrected chi connectivity index (χ3v) is 9.95. The summed E-state index contributed by atoms with van der Waals surface area (Å²) in [6.45, 7) is 1.86. The highest BCUT2D eigenvalue weighted by atomic mass is 31.2. The number of anilines is 4. The van der Waals surface area contributed by atoms with E-state index in [1.54, 1.807) is 31.2 Å². The number of nitrogen functional groups attached to an aromatic ring is 1. The second-order valence-electron chi connectivity index (χ2n) is 13.0. The van der Waals surface area contributed by atoms with E-state index in [4.69, 9.17) is 15.2 Å². The fourth-order valence-corrected chi connectivity index (χ4v) is 6.84. The molecule has 0 saturated carbocycles. The minimum absolute atomic E-state index is 0.0540. The zero-order valence-corrected chi connectivity index (χ0v) is 30.2. The molecule has 0 radical (unpaired) electrons. The number of fused-ring (bicyclic) bond motifs is 1. The molecule has 55 heavy (non-hydrogen) atoms. The number of carboxylic acid groups (broad SMARTS) is 2. The Balaban J connectivity index is 1.26. The average molecular weight is 802 g/mol. The fourth-order valence-electron chi connectivity index (χ4n) is 5.95. The first kappa shape index (κ1) is 43.5. The largest absolute Gasteiger partial charge is 0.756 e. The molecule has 1 aromatic carbocycles. The van der Waals surface area contributed by atoms with Crippen LogP contribution in [0.4, 0.5) is 23.1 Å². The molecule has 2 aliphatic rings. The molecule has 2 aliphatic heterocycles. The zero-order valence-electron chi connectivity index (χ0n) is 29.3. The summed E-state index contributed by atoms with van der Waals surface area (Å²) in [7, 11) is -5.44. The molecule has 2 aromatic rings. The lowest BCUT2D eigenvalue weighted by atomic mass is 9.97. The number of phosphoric ester groups is 1. The number of carbonyl (C=O) groups is 3. The number of aliphatic hydroxyl groups excluding tert-OH is 5. The van der Waals surface area contributed by atoms with Crippen LogP contribution in [-0.2, 0) is 43.9 Å². The van der Waals surface area contributed by atoms with Crippen molar-refractivity contribution in [2.45, 2.75) is 100 Å². The van der Waals surface area contributed by atoms with Gasteiger partial charge in [-0.2, -0.15) is 4.98 Å². The van der Waals surface area contributed by atoms with E-state index in [-0.39, 0.29) is 29.9 Å². The zero-order chi connectivity index (χ0) is 40.8. The van der Waals surface area contributed by atoms with Crippen LogP contribution in [0.25, 0.3) is 0 Å². The van der Waals surface area contributed by atoms with E-state index in [1.165, 1.54) is 4.90 Å². The molecule has 1 aromatic heterocycles. The van der Waals surface area contributed by atoms with Crippen molar-refractivity contribution in [2.75, 3.05) is 34.5 Å². The topological polar surface area (TPSA) is 375 Å². The molecule has 0 spiro atoms. The first-order chi connectivity index (χ1) is 25.8. The molecule has 1 fully saturated rings. The highest BCUT2D eigenvalue weighted by Gasteiger charge is 2.44. The molecule has 10 N–H and O–H groups in total. The lowest BCUT2D eigenvalue weighted by Gasteiger charge is -2.40. The summed E-state index contributed by atoms with van der Waals surface area (Å²) in [5.41, 5.74) is 6.30. The number of benzene rings is 1. The van der Waals surface area contributed by atoms with Crippen LogP contribution >= 0.6 is 7.82 Å². The van der Waals surface area contributed by atoms with E-state index in [9.17, 15) is 64.4 Å². The number of hydrogen-bond acceptors (Lipinski definition) is 21. The van der Waals surface area contributed by atoms with Crippen molar-refractivity contribution < 1.29 is 78.1 Å². The molecule has 0 aliphatic carbocycles. The first-order valence-corrected chi connectivity index (χ1v) is 18.2. The number of ether oxygens (including phenoxy) is 2. The predicted molar refractivity (Wildman–Crippen MR) is 180 cm³/mol. The number of nitrogens with two attached hydrogens (primary N) is 1. The predicted octanol–water partition coefficient (Wildman–Crippen LogP) is -5.76. The van der Waals surface area contributed by atoms with Gasteiger partial charge in [0.1, 0.15) is 42.3 Å². The quantitative estimate of drug-likeness (QED) is 0.0445. The van der Waals surface area contributed by atoms with E-state index >= 15 is 0 Å². The highest BCUT2D eigenvalue weighted by molar-refractivity contribution is 7.45. The molecule has 23 nitrogen and oxygen atoms in total. The van der Waals surface area contributed by atoms with Crippen LogP contribution in [0, 0.1) is 0 Å². The molecular formula is C31H42N6O17P-3. The molecule has 3 heterocycles. The number of aliphatic hydroxyl groups is 5. The van der Waals surface area contributed by atoms with Gasteiger partial charge in [-0.15, -0.1) is 0 Å². The highest BCUT2D eigenvalue weighted by Crippen LogP contribution is 2.41. The Morgan fingerprint density at radius 2 is 1.80 bits per heavy atom. The number of aromatic nitrogens is 2. The van der Waals surface area contributed by atoms with Crippen molar-refractivity contribution >= 4 is 49.3 Å². The van der Waals surface area contributed by atoms with Gasteiger partial charge in [-0.1, -0.05) is 12.1 Å². The summed E-state index contributed by atoms with van der Waals surface area (Å²) in [6.07, 6.45) is -15.4. The summed E-state index contributed by atoms with van der Waals surface area (Å²) >= 11 is 0. The van der Waals surface area contributed by atoms with Crippen LogP contribution in [0.15, 0.2) is 29.1 Å². The van der Waals surface area contributed by atoms with Crippen molar-refractivity contribution in [3.8, 4) is 0 Å². The van der Waals surface area contributed by atoms with Crippen molar-refractivity contribution in [3.63, 3.8) is 0 Å². The fraction of sp³-hybridized carbons (Fsp3) is 0.581. The number of H-pyrrole nitrogens is 1. The van der Waals surface area contributed by atoms with Crippen molar-refractivity contribution in [2.24, 2.45) is 0 Å². The number of carbonyl (C=O) groups excluding carboxylic acids is 3. The Labute approximate surface area is 312 Å². The normalized spacial score (nSPS) is 25.9. The smallest absolute Gasteiger partial charge is 0.277 e. The third kappa shape index (κ3) is 11.2. The molecule has 4 rings (SSSR count). The summed E-state index contributed by atoms with van der Waals surface area (Å²) in [4.78, 5) is 66.4. The SMILES string of the molecule is C[C@@H]1Nc2nc(N)[nH]c(=O)c2N[C@H]1[C@@H](C)N(C=O)c1ccc(C[C@H](O)[C@H](O)[C@H](O)CO[C@H]2O[C@H](COP(=O)([O-])O[C@@H](CCC(=O)[O-])C(=O)[O-])[C@@H](O)[C@H]2O)cc1. The number of carboxylic acids is 2. The van der Waals surface area contributed by atoms with Gasteiger partial charge in [0.15, 0.2) is 12.1 Å². The van der Waals surface area contributed by atoms with Crippen LogP contribution in [0.3, 0.4) is 0 Å². The second kappa shape index (κ2) is 18.6. The van der Waals surface area contributed by atoms with E-state index < -0.39 is 112 Å². The third-order valence-electron chi connectivity index (χ3n) is 8.97. The number of amides is 1. The lowest BCUT2D eigenvalue weighted by molar-refractivity contribution is -0.319. The van der Waals surface area contributed by atoms with Crippen LogP contribution in [0.1, 0.15) is 32.3 Å². The van der Waals surface area contributed by atoms with Gasteiger partial charge in [-0.05, 0) is 44.4 Å². The van der Waals surface area contributed by atoms with E-state index in [0.717, 1.165) is 0 Å². The molecule has 1 saturated heterocycles. The molecule has 0 bridgehead atoms. The van der Waals surface area contributed by atoms with Crippen LogP contribution < -0.4 is 41.9 Å². The molecule has 306 valence electrons. The number of nitrogens with zero attached hydrogens (tertiary/aromatic N) is 2. The molecule has 12 atom stereocenters. The maximum Gasteiger partial charge on any atom is 0.277 e. The maximum absolute atomic E-state index is 12.4. The Kier molecular flexibility index (Phi) is 14.7. The second-order valence-corrected chi connectivity index (χ2v) is 14.3. The minimum Gasteiger partial charge on any atom is -0.756 e. The summed E-state index contributed by atoms with van der Waals surface area (Å²) < 4.78 is 31.4. The summed E-state index contributed by atoms with van der Waals surface area (Å²) in [5.74, 6) is -3.49. The number of aromatic amines is 1. The number of phosphoric acid groups is 1. The van der Waals surface area contributed by atoms with Crippen molar-refractivity contribution in [1.29, 1.82) is 0 Å². The lowest BCUT2D eigenvalue weighted by Crippen LogP contribution is -2.55. The maximum atomic E-state index is 12.4. The summed E-state index contributed by atoms with van der Waals surface area (Å²) in [5, 5.41) is 80.1. The van der Waals surface area contributed by atoms with E-state index in [1.807, 2.05) is 6.92 Å². The van der Waals surface area contributed by atoms with E-state index in [2.05, 4.69) is 29.6 Å². The number of hydrogen-bond donors (Lipinski definition) is 9. The Bertz CT molecular complexity index is 1750. The Morgan fingerprint density at radius 3 is 2.42 bits per heavy atom. The van der Waals surface area contributed by atoms with Crippen LogP contribution in [0.5, 0.6) is 0 Å². The Hall–Kier alpha value is -4.26. The average Bonchev–Trinajstić information content (AvgIpc) is 3.39. The van der Waals surface area contributed by atoms with Crippen LogP contribution in [-0.4, -0.2) is 134 Å².